The van der Waals surface area contributed by atoms with E-state index < -0.39 is 5.54 Å². The van der Waals surface area contributed by atoms with Crippen LogP contribution < -0.4 is 5.32 Å². The van der Waals surface area contributed by atoms with E-state index in [4.69, 9.17) is 14.2 Å². The smallest absolute Gasteiger partial charge is 0.326 e. The Labute approximate surface area is 128 Å². The molecule has 0 radical (unpaired) electrons. The summed E-state index contributed by atoms with van der Waals surface area (Å²) in [6, 6.07) is 0. The van der Waals surface area contributed by atoms with Gasteiger partial charge in [0.25, 0.3) is 0 Å². The molecule has 2 atom stereocenters. The lowest BCUT2D eigenvalue weighted by Crippen LogP contribution is -2.56. The molecule has 124 valence electrons. The molecule has 0 bridgehead atoms. The van der Waals surface area contributed by atoms with Gasteiger partial charge < -0.3 is 19.5 Å². The average molecular weight is 301 g/mol. The van der Waals surface area contributed by atoms with Gasteiger partial charge in [-0.3, -0.25) is 4.79 Å². The van der Waals surface area contributed by atoms with Crippen molar-refractivity contribution in [3.63, 3.8) is 0 Å². The van der Waals surface area contributed by atoms with Crippen LogP contribution in [0.25, 0.3) is 0 Å². The minimum Gasteiger partial charge on any atom is -0.468 e. The maximum atomic E-state index is 12.1. The van der Waals surface area contributed by atoms with Crippen molar-refractivity contribution in [3.8, 4) is 0 Å². The number of carbonyl (C=O) groups excluding carboxylic acids is 1. The molecule has 1 aliphatic rings. The van der Waals surface area contributed by atoms with Crippen LogP contribution in [0.1, 0.15) is 52.9 Å². The lowest BCUT2D eigenvalue weighted by atomic mass is 9.80. The van der Waals surface area contributed by atoms with Crippen molar-refractivity contribution in [1.82, 2.24) is 5.32 Å². The first-order valence-corrected chi connectivity index (χ1v) is 7.89. The quantitative estimate of drug-likeness (QED) is 0.697. The Kier molecular flexibility index (Phi) is 7.10. The minimum atomic E-state index is -0.580. The van der Waals surface area contributed by atoms with E-state index in [2.05, 4.69) is 19.2 Å². The van der Waals surface area contributed by atoms with Crippen molar-refractivity contribution in [1.29, 1.82) is 0 Å². The maximum Gasteiger partial charge on any atom is 0.326 e. The molecule has 0 aromatic carbocycles. The second-order valence-electron chi connectivity index (χ2n) is 6.41. The van der Waals surface area contributed by atoms with Crippen LogP contribution in [0.5, 0.6) is 0 Å². The van der Waals surface area contributed by atoms with Gasteiger partial charge in [0.1, 0.15) is 5.54 Å². The monoisotopic (exact) mass is 301 g/mol. The van der Waals surface area contributed by atoms with Gasteiger partial charge in [-0.2, -0.15) is 0 Å². The predicted molar refractivity (Wildman–Crippen MR) is 82.3 cm³/mol. The van der Waals surface area contributed by atoms with Gasteiger partial charge in [0, 0.05) is 20.1 Å². The minimum absolute atomic E-state index is 0.101. The normalized spacial score (nSPS) is 26.6. The maximum absolute atomic E-state index is 12.1. The highest BCUT2D eigenvalue weighted by Crippen LogP contribution is 2.31. The van der Waals surface area contributed by atoms with E-state index in [0.29, 0.717) is 13.0 Å². The summed E-state index contributed by atoms with van der Waals surface area (Å²) in [7, 11) is 3.17. The van der Waals surface area contributed by atoms with Gasteiger partial charge in [-0.25, -0.2) is 0 Å². The highest BCUT2D eigenvalue weighted by molar-refractivity contribution is 5.81. The second-order valence-corrected chi connectivity index (χ2v) is 6.41. The number of ether oxygens (including phenoxy) is 3. The average Bonchev–Trinajstić information content (AvgIpc) is 2.47. The first-order valence-electron chi connectivity index (χ1n) is 7.89. The highest BCUT2D eigenvalue weighted by atomic mass is 16.5. The third-order valence-electron chi connectivity index (χ3n) is 4.41. The summed E-state index contributed by atoms with van der Waals surface area (Å²) >= 11 is 0. The molecule has 0 aromatic rings. The molecule has 2 unspecified atom stereocenters. The van der Waals surface area contributed by atoms with E-state index >= 15 is 0 Å². The molecule has 0 aliphatic heterocycles. The number of carbonyl (C=O) groups is 1. The molecule has 0 spiro atoms. The zero-order valence-corrected chi connectivity index (χ0v) is 14.2. The summed E-state index contributed by atoms with van der Waals surface area (Å²) in [6.07, 6.45) is 4.41. The van der Waals surface area contributed by atoms with Gasteiger partial charge in [0.2, 0.25) is 0 Å². The van der Waals surface area contributed by atoms with Gasteiger partial charge in [0.15, 0.2) is 0 Å². The van der Waals surface area contributed by atoms with E-state index in [9.17, 15) is 4.79 Å². The van der Waals surface area contributed by atoms with Crippen molar-refractivity contribution in [2.24, 2.45) is 0 Å². The zero-order valence-electron chi connectivity index (χ0n) is 14.2. The van der Waals surface area contributed by atoms with Gasteiger partial charge in [0.05, 0.1) is 18.8 Å². The van der Waals surface area contributed by atoms with Crippen LogP contribution in [-0.4, -0.2) is 50.6 Å². The molecule has 0 heterocycles. The molecule has 5 heteroatoms. The van der Waals surface area contributed by atoms with E-state index in [-0.39, 0.29) is 17.7 Å². The number of likely N-dealkylation sites (N-methyl/N-ethyl adjacent to an activating group) is 1. The van der Waals surface area contributed by atoms with Crippen LogP contribution in [0.3, 0.4) is 0 Å². The molecule has 1 saturated carbocycles. The number of rotatable bonds is 8. The molecule has 0 amide bonds. The third kappa shape index (κ3) is 5.24. The molecule has 1 fully saturated rings. The largest absolute Gasteiger partial charge is 0.468 e. The zero-order chi connectivity index (χ0) is 15.9. The van der Waals surface area contributed by atoms with Crippen LogP contribution >= 0.6 is 0 Å². The Hall–Kier alpha value is -0.650. The first kappa shape index (κ1) is 18.4. The molecule has 0 aromatic heterocycles. The van der Waals surface area contributed by atoms with E-state index in [1.165, 1.54) is 7.11 Å². The van der Waals surface area contributed by atoms with E-state index in [0.717, 1.165) is 32.2 Å². The molecule has 1 aliphatic carbocycles. The fraction of sp³-hybridized carbons (Fsp3) is 0.938. The van der Waals surface area contributed by atoms with Gasteiger partial charge >= 0.3 is 5.97 Å². The Morgan fingerprint density at radius 1 is 1.38 bits per heavy atom. The Bertz CT molecular complexity index is 328. The van der Waals surface area contributed by atoms with Crippen LogP contribution in [0.15, 0.2) is 0 Å². The number of hydrogen-bond donors (Lipinski definition) is 1. The Morgan fingerprint density at radius 2 is 2.10 bits per heavy atom. The summed E-state index contributed by atoms with van der Waals surface area (Å²) in [4.78, 5) is 12.1. The van der Waals surface area contributed by atoms with Crippen molar-refractivity contribution >= 4 is 5.97 Å². The molecular formula is C16H31NO4. The fourth-order valence-electron chi connectivity index (χ4n) is 2.89. The lowest BCUT2D eigenvalue weighted by Gasteiger charge is -2.39. The van der Waals surface area contributed by atoms with Crippen molar-refractivity contribution in [2.75, 3.05) is 27.4 Å². The number of methoxy groups -OCH3 is 2. The third-order valence-corrected chi connectivity index (χ3v) is 4.41. The van der Waals surface area contributed by atoms with Crippen LogP contribution in [-0.2, 0) is 19.0 Å². The van der Waals surface area contributed by atoms with E-state index in [1.807, 2.05) is 6.92 Å². The van der Waals surface area contributed by atoms with Gasteiger partial charge in [-0.05, 0) is 46.1 Å². The highest BCUT2D eigenvalue weighted by Gasteiger charge is 2.43. The lowest BCUT2D eigenvalue weighted by molar-refractivity contribution is -0.153. The molecule has 5 nitrogen and oxygen atoms in total. The van der Waals surface area contributed by atoms with Gasteiger partial charge in [-0.1, -0.05) is 6.92 Å². The van der Waals surface area contributed by atoms with Crippen LogP contribution in [0, 0.1) is 0 Å². The summed E-state index contributed by atoms with van der Waals surface area (Å²) in [6.45, 7) is 7.51. The summed E-state index contributed by atoms with van der Waals surface area (Å²) in [5.41, 5.74) is -0.751. The van der Waals surface area contributed by atoms with Gasteiger partial charge in [-0.15, -0.1) is 0 Å². The van der Waals surface area contributed by atoms with Crippen molar-refractivity contribution in [2.45, 2.75) is 70.1 Å². The summed E-state index contributed by atoms with van der Waals surface area (Å²) in [5.74, 6) is -0.171. The van der Waals surface area contributed by atoms with E-state index in [1.54, 1.807) is 7.11 Å². The Morgan fingerprint density at radius 3 is 2.67 bits per heavy atom. The van der Waals surface area contributed by atoms with Crippen molar-refractivity contribution < 1.29 is 19.0 Å². The summed E-state index contributed by atoms with van der Waals surface area (Å²) in [5, 5.41) is 3.32. The second kappa shape index (κ2) is 8.11. The molecule has 1 rings (SSSR count). The Balaban J connectivity index is 2.55. The number of esters is 1. The number of hydrogen-bond acceptors (Lipinski definition) is 5. The van der Waals surface area contributed by atoms with Crippen LogP contribution in [0.2, 0.25) is 0 Å². The van der Waals surface area contributed by atoms with Crippen LogP contribution in [0.4, 0.5) is 0 Å². The van der Waals surface area contributed by atoms with Crippen molar-refractivity contribution in [3.05, 3.63) is 0 Å². The fourth-order valence-corrected chi connectivity index (χ4v) is 2.89. The molecular weight excluding hydrogens is 270 g/mol. The SMILES string of the molecule is CCNC1(C(=O)OC)CCCC(OCCC(C)(C)OC)C1. The molecule has 0 saturated heterocycles. The predicted octanol–water partition coefficient (Wildman–Crippen LogP) is 2.28. The number of nitrogens with one attached hydrogen (secondary N) is 1. The molecule has 1 N–H and O–H groups in total. The topological polar surface area (TPSA) is 56.8 Å². The first-order chi connectivity index (χ1) is 9.89. The standard InChI is InChI=1S/C16H31NO4/c1-6-17-16(14(18)19-4)9-7-8-13(12-16)21-11-10-15(2,3)20-5/h13,17H,6-12H2,1-5H3. The molecule has 21 heavy (non-hydrogen) atoms. The summed E-state index contributed by atoms with van der Waals surface area (Å²) < 4.78 is 16.4.